The van der Waals surface area contributed by atoms with Crippen molar-refractivity contribution in [3.05, 3.63) is 93.9 Å². The molecule has 240 valence electrons. The molecule has 9 nitrogen and oxygen atoms in total. The molecule has 0 radical (unpaired) electrons. The molecule has 3 N–H and O–H groups in total. The van der Waals surface area contributed by atoms with Crippen LogP contribution in [0.15, 0.2) is 70.4 Å². The Hall–Kier alpha value is -4.30. The molecule has 4 rings (SSSR count). The molecular weight excluding hydrogens is 614 g/mol. The fourth-order valence-electron chi connectivity index (χ4n) is 4.82. The minimum absolute atomic E-state index is 0.0271. The van der Waals surface area contributed by atoms with E-state index in [1.54, 1.807) is 6.07 Å². The van der Waals surface area contributed by atoms with Crippen LogP contribution >= 0.6 is 0 Å². The predicted octanol–water partition coefficient (Wildman–Crippen LogP) is 6.03. The molecule has 14 heteroatoms. The number of sulfonamides is 1. The molecule has 3 aromatic carbocycles. The number of nitrogens with zero attached hydrogens (tertiary/aromatic N) is 3. The number of hydrogen-bond donors (Lipinski definition) is 2. The van der Waals surface area contributed by atoms with E-state index in [4.69, 9.17) is 5.14 Å². The van der Waals surface area contributed by atoms with Gasteiger partial charge in [-0.1, -0.05) is 57.0 Å². The van der Waals surface area contributed by atoms with Gasteiger partial charge in [-0.2, -0.15) is 17.9 Å². The summed E-state index contributed by atoms with van der Waals surface area (Å²) in [5, 5.41) is 12.1. The lowest BCUT2D eigenvalue weighted by Crippen LogP contribution is -2.27. The largest absolute Gasteiger partial charge is 0.418 e. The number of aromatic nitrogens is 3. The van der Waals surface area contributed by atoms with Crippen molar-refractivity contribution in [1.82, 2.24) is 14.3 Å². The van der Waals surface area contributed by atoms with Crippen molar-refractivity contribution < 1.29 is 30.8 Å². The highest BCUT2D eigenvalue weighted by Crippen LogP contribution is 2.35. The number of primary sulfonamides is 1. The topological polar surface area (TPSA) is 129 Å². The van der Waals surface area contributed by atoms with Gasteiger partial charge in [0, 0.05) is 29.7 Å². The lowest BCUT2D eigenvalue weighted by Gasteiger charge is -2.14. The first kappa shape index (κ1) is 33.6. The van der Waals surface area contributed by atoms with Crippen LogP contribution in [0.5, 0.6) is 0 Å². The van der Waals surface area contributed by atoms with E-state index in [2.05, 4.69) is 10.4 Å². The van der Waals surface area contributed by atoms with Crippen molar-refractivity contribution in [2.24, 2.45) is 5.14 Å². The third-order valence-electron chi connectivity index (χ3n) is 7.15. The molecule has 0 bridgehead atoms. The molecule has 0 saturated heterocycles. The van der Waals surface area contributed by atoms with Crippen molar-refractivity contribution in [3.8, 4) is 16.8 Å². The van der Waals surface area contributed by atoms with Gasteiger partial charge in [-0.15, -0.1) is 5.10 Å². The Labute approximate surface area is 257 Å². The van der Waals surface area contributed by atoms with Crippen molar-refractivity contribution in [2.45, 2.75) is 70.0 Å². The lowest BCUT2D eigenvalue weighted by molar-refractivity contribution is -0.137. The summed E-state index contributed by atoms with van der Waals surface area (Å²) in [7, 11) is -4.11. The summed E-state index contributed by atoms with van der Waals surface area (Å²) in [6, 6.07) is 12.7. The first-order chi connectivity index (χ1) is 21.2. The molecule has 1 amide bonds. The van der Waals surface area contributed by atoms with Crippen molar-refractivity contribution in [2.75, 3.05) is 5.32 Å². The fraction of sp³-hybridized carbons (Fsp3) is 0.323. The number of carbonyl (C=O) groups is 1. The second-order valence-corrected chi connectivity index (χ2v) is 12.1. The van der Waals surface area contributed by atoms with Gasteiger partial charge < -0.3 is 5.32 Å². The highest BCUT2D eigenvalue weighted by atomic mass is 32.2. The van der Waals surface area contributed by atoms with Crippen molar-refractivity contribution >= 4 is 21.6 Å². The maximum atomic E-state index is 15.5. The number of anilines is 1. The Bertz CT molecular complexity index is 1870. The molecule has 1 aromatic heterocycles. The average molecular weight is 648 g/mol. The molecule has 45 heavy (non-hydrogen) atoms. The maximum absolute atomic E-state index is 15.5. The zero-order chi connectivity index (χ0) is 32.9. The number of benzene rings is 3. The molecule has 0 spiro atoms. The van der Waals surface area contributed by atoms with Gasteiger partial charge in [0.25, 0.3) is 0 Å². The summed E-state index contributed by atoms with van der Waals surface area (Å²) in [5.41, 5.74) is -2.14. The molecule has 0 unspecified atom stereocenters. The van der Waals surface area contributed by atoms with Crippen LogP contribution < -0.4 is 16.1 Å². The Morgan fingerprint density at radius 3 is 2.36 bits per heavy atom. The molecular formula is C31H33F4N5O4S. The molecule has 4 aromatic rings. The van der Waals surface area contributed by atoms with Gasteiger partial charge in [0.15, 0.2) is 0 Å². The first-order valence-electron chi connectivity index (χ1n) is 14.3. The zero-order valence-electron chi connectivity index (χ0n) is 24.7. The molecule has 0 aliphatic heterocycles. The van der Waals surface area contributed by atoms with E-state index in [-0.39, 0.29) is 58.4 Å². The fourth-order valence-corrected chi connectivity index (χ4v) is 5.59. The van der Waals surface area contributed by atoms with Crippen LogP contribution in [0.2, 0.25) is 0 Å². The summed E-state index contributed by atoms with van der Waals surface area (Å²) in [5.74, 6) is -1.00. The van der Waals surface area contributed by atoms with Gasteiger partial charge in [-0.25, -0.2) is 22.7 Å². The van der Waals surface area contributed by atoms with E-state index in [1.165, 1.54) is 30.3 Å². The number of rotatable bonds is 12. The minimum atomic E-state index is -4.85. The van der Waals surface area contributed by atoms with E-state index < -0.39 is 39.0 Å². The van der Waals surface area contributed by atoms with Gasteiger partial charge in [-0.05, 0) is 48.7 Å². The van der Waals surface area contributed by atoms with Gasteiger partial charge in [0.05, 0.1) is 22.7 Å². The van der Waals surface area contributed by atoms with Crippen LogP contribution in [-0.4, -0.2) is 28.7 Å². The van der Waals surface area contributed by atoms with Crippen LogP contribution in [0.3, 0.4) is 0 Å². The number of amides is 1. The Balaban J connectivity index is 1.78. The Kier molecular flexibility index (Phi) is 10.3. The second-order valence-electron chi connectivity index (χ2n) is 10.5. The summed E-state index contributed by atoms with van der Waals surface area (Å²) in [6.45, 7) is 3.44. The third-order valence-corrected chi connectivity index (χ3v) is 8.12. The number of aryl methyl sites for hydroxylation is 1. The number of halogens is 4. The average Bonchev–Trinajstić information content (AvgIpc) is 3.29. The molecule has 0 atom stereocenters. The number of alkyl halides is 3. The zero-order valence-corrected chi connectivity index (χ0v) is 25.5. The number of nitrogens with one attached hydrogen (secondary N) is 1. The number of hydrogen-bond acceptors (Lipinski definition) is 5. The predicted molar refractivity (Wildman–Crippen MR) is 162 cm³/mol. The van der Waals surface area contributed by atoms with Crippen LogP contribution in [0, 0.1) is 5.82 Å². The molecule has 1 heterocycles. The van der Waals surface area contributed by atoms with Gasteiger partial charge in [0.2, 0.25) is 15.9 Å². The Morgan fingerprint density at radius 1 is 1.00 bits per heavy atom. The standard InChI is InChI=1S/C31H33F4N5O4S/c1-3-5-11-28-38-40(26-18-22(37-29(41)12-6-4-2)15-16-24(26)31(33,34)35)30(42)39(28)19-21-14-13-20(17-25(21)32)23-9-7-8-10-27(23)45(36,43)44/h7-10,13-18H,3-6,11-12,19H2,1-2H3,(H,37,41)(H2,36,43,44). The highest BCUT2D eigenvalue weighted by molar-refractivity contribution is 7.89. The molecule has 0 aliphatic carbocycles. The first-order valence-corrected chi connectivity index (χ1v) is 15.9. The monoisotopic (exact) mass is 647 g/mol. The molecule has 0 fully saturated rings. The number of unbranched alkanes of at least 4 members (excludes halogenated alkanes) is 2. The second kappa shape index (κ2) is 13.8. The van der Waals surface area contributed by atoms with E-state index >= 15 is 4.39 Å². The summed E-state index contributed by atoms with van der Waals surface area (Å²) in [6.07, 6.45) is -1.83. The summed E-state index contributed by atoms with van der Waals surface area (Å²) < 4.78 is 83.6. The SMILES string of the molecule is CCCCC(=O)Nc1ccc(C(F)(F)F)c(-n2nc(CCCC)n(Cc3ccc(-c4ccccc4S(N)(=O)=O)cc3F)c2=O)c1. The minimum Gasteiger partial charge on any atom is -0.326 e. The van der Waals surface area contributed by atoms with Gasteiger partial charge in [0.1, 0.15) is 11.6 Å². The van der Waals surface area contributed by atoms with E-state index in [0.29, 0.717) is 23.9 Å². The highest BCUT2D eigenvalue weighted by Gasteiger charge is 2.35. The summed E-state index contributed by atoms with van der Waals surface area (Å²) in [4.78, 5) is 25.7. The smallest absolute Gasteiger partial charge is 0.326 e. The Morgan fingerprint density at radius 2 is 1.71 bits per heavy atom. The van der Waals surface area contributed by atoms with Crippen LogP contribution in [-0.2, 0) is 34.0 Å². The van der Waals surface area contributed by atoms with Gasteiger partial charge in [-0.3, -0.25) is 9.36 Å². The number of carbonyl (C=O) groups excluding carboxylic acids is 1. The number of nitrogens with two attached hydrogens (primary N) is 1. The third kappa shape index (κ3) is 7.87. The van der Waals surface area contributed by atoms with Crippen LogP contribution in [0.4, 0.5) is 23.2 Å². The van der Waals surface area contributed by atoms with E-state index in [0.717, 1.165) is 35.3 Å². The van der Waals surface area contributed by atoms with Crippen molar-refractivity contribution in [3.63, 3.8) is 0 Å². The van der Waals surface area contributed by atoms with Crippen LogP contribution in [0.1, 0.15) is 62.9 Å². The van der Waals surface area contributed by atoms with Crippen LogP contribution in [0.25, 0.3) is 16.8 Å². The quantitative estimate of drug-likeness (QED) is 0.182. The lowest BCUT2D eigenvalue weighted by atomic mass is 10.0. The summed E-state index contributed by atoms with van der Waals surface area (Å²) >= 11 is 0. The van der Waals surface area contributed by atoms with E-state index in [1.807, 2.05) is 13.8 Å². The van der Waals surface area contributed by atoms with Gasteiger partial charge >= 0.3 is 11.9 Å². The van der Waals surface area contributed by atoms with Crippen molar-refractivity contribution in [1.29, 1.82) is 0 Å². The molecule has 0 aliphatic rings. The normalized spacial score (nSPS) is 12.0. The molecule has 0 saturated carbocycles. The maximum Gasteiger partial charge on any atom is 0.418 e. The van der Waals surface area contributed by atoms with E-state index in [9.17, 15) is 31.2 Å².